The van der Waals surface area contributed by atoms with E-state index < -0.39 is 11.9 Å². The van der Waals surface area contributed by atoms with E-state index in [-0.39, 0.29) is 0 Å². The standard InChI is InChI=1S/C23H25ClN2O2S/c1-15(2)21-20(17-10-12-19(24)13-11-17)26-23(29-21)25-14-18(22(27)28)9-8-16-6-4-3-5-7-16/h3-7,10-13,15,18H,8-9,14H2,1-2H3,(H,25,26)(H,27,28). The molecule has 0 aliphatic heterocycles. The molecule has 0 aliphatic rings. The Morgan fingerprint density at radius 3 is 2.45 bits per heavy atom. The van der Waals surface area contributed by atoms with Gasteiger partial charge in [-0.25, -0.2) is 4.98 Å². The molecule has 1 atom stereocenters. The normalized spacial score (nSPS) is 12.1. The topological polar surface area (TPSA) is 62.2 Å². The van der Waals surface area contributed by atoms with Crippen molar-refractivity contribution in [1.82, 2.24) is 4.98 Å². The minimum Gasteiger partial charge on any atom is -0.481 e. The Morgan fingerprint density at radius 2 is 1.83 bits per heavy atom. The molecule has 0 radical (unpaired) electrons. The molecule has 0 saturated heterocycles. The summed E-state index contributed by atoms with van der Waals surface area (Å²) in [5.41, 5.74) is 3.10. The third-order valence-corrected chi connectivity index (χ3v) is 6.33. The van der Waals surface area contributed by atoms with E-state index in [1.807, 2.05) is 54.6 Å². The van der Waals surface area contributed by atoms with Crippen molar-refractivity contribution in [3.8, 4) is 11.3 Å². The number of rotatable bonds is 9. The lowest BCUT2D eigenvalue weighted by molar-refractivity contribution is -0.141. The van der Waals surface area contributed by atoms with Gasteiger partial charge in [0.2, 0.25) is 0 Å². The van der Waals surface area contributed by atoms with E-state index in [4.69, 9.17) is 16.6 Å². The van der Waals surface area contributed by atoms with Crippen molar-refractivity contribution < 1.29 is 9.90 Å². The first-order chi connectivity index (χ1) is 13.9. The maximum Gasteiger partial charge on any atom is 0.308 e. The van der Waals surface area contributed by atoms with Gasteiger partial charge in [0.15, 0.2) is 5.13 Å². The number of benzene rings is 2. The fraction of sp³-hybridized carbons (Fsp3) is 0.304. The Balaban J connectivity index is 1.70. The van der Waals surface area contributed by atoms with Crippen LogP contribution < -0.4 is 5.32 Å². The lowest BCUT2D eigenvalue weighted by Gasteiger charge is -2.12. The van der Waals surface area contributed by atoms with Gasteiger partial charge in [0.25, 0.3) is 0 Å². The smallest absolute Gasteiger partial charge is 0.308 e. The molecule has 3 rings (SSSR count). The fourth-order valence-corrected chi connectivity index (χ4v) is 4.24. The van der Waals surface area contributed by atoms with Gasteiger partial charge >= 0.3 is 5.97 Å². The number of carbonyl (C=O) groups is 1. The summed E-state index contributed by atoms with van der Waals surface area (Å²) in [7, 11) is 0. The number of aryl methyl sites for hydroxylation is 1. The number of carboxylic acids is 1. The van der Waals surface area contributed by atoms with Crippen LogP contribution in [-0.2, 0) is 11.2 Å². The molecule has 0 aliphatic carbocycles. The van der Waals surface area contributed by atoms with E-state index in [2.05, 4.69) is 19.2 Å². The number of nitrogens with zero attached hydrogens (tertiary/aromatic N) is 1. The molecule has 1 heterocycles. The van der Waals surface area contributed by atoms with Crippen LogP contribution in [0.1, 0.15) is 36.6 Å². The number of carboxylic acid groups (broad SMARTS) is 1. The molecule has 1 unspecified atom stereocenters. The minimum absolute atomic E-state index is 0.321. The van der Waals surface area contributed by atoms with E-state index in [9.17, 15) is 9.90 Å². The maximum absolute atomic E-state index is 11.7. The second-order valence-electron chi connectivity index (χ2n) is 7.33. The van der Waals surface area contributed by atoms with Crippen LogP contribution in [0.25, 0.3) is 11.3 Å². The molecule has 2 N–H and O–H groups in total. The lowest BCUT2D eigenvalue weighted by atomic mass is 9.99. The number of nitrogens with one attached hydrogen (secondary N) is 1. The molecule has 152 valence electrons. The Morgan fingerprint density at radius 1 is 1.14 bits per heavy atom. The zero-order chi connectivity index (χ0) is 20.8. The molecule has 0 amide bonds. The summed E-state index contributed by atoms with van der Waals surface area (Å²) in [5, 5.41) is 14.3. The number of hydrogen-bond donors (Lipinski definition) is 2. The zero-order valence-electron chi connectivity index (χ0n) is 16.6. The van der Waals surface area contributed by atoms with Crippen molar-refractivity contribution in [3.63, 3.8) is 0 Å². The van der Waals surface area contributed by atoms with E-state index in [1.165, 1.54) is 4.88 Å². The Bertz CT molecular complexity index is 939. The highest BCUT2D eigenvalue weighted by molar-refractivity contribution is 7.16. The van der Waals surface area contributed by atoms with Crippen molar-refractivity contribution in [2.24, 2.45) is 5.92 Å². The number of aromatic nitrogens is 1. The van der Waals surface area contributed by atoms with E-state index in [0.717, 1.165) is 28.4 Å². The number of hydrogen-bond acceptors (Lipinski definition) is 4. The van der Waals surface area contributed by atoms with Crippen molar-refractivity contribution >= 4 is 34.0 Å². The average molecular weight is 429 g/mol. The molecular weight excluding hydrogens is 404 g/mol. The zero-order valence-corrected chi connectivity index (χ0v) is 18.1. The minimum atomic E-state index is -0.785. The third-order valence-electron chi connectivity index (χ3n) is 4.77. The predicted molar refractivity (Wildman–Crippen MR) is 121 cm³/mol. The fourth-order valence-electron chi connectivity index (χ4n) is 3.12. The summed E-state index contributed by atoms with van der Waals surface area (Å²) in [5.74, 6) is -0.935. The van der Waals surface area contributed by atoms with Crippen molar-refractivity contribution in [2.45, 2.75) is 32.6 Å². The van der Waals surface area contributed by atoms with Gasteiger partial charge in [0.05, 0.1) is 11.6 Å². The van der Waals surface area contributed by atoms with Gasteiger partial charge < -0.3 is 10.4 Å². The first-order valence-electron chi connectivity index (χ1n) is 9.71. The molecule has 3 aromatic rings. The molecule has 29 heavy (non-hydrogen) atoms. The Kier molecular flexibility index (Phi) is 7.29. The van der Waals surface area contributed by atoms with Gasteiger partial charge in [-0.05, 0) is 36.5 Å². The van der Waals surface area contributed by atoms with Crippen molar-refractivity contribution in [2.75, 3.05) is 11.9 Å². The van der Waals surface area contributed by atoms with Crippen molar-refractivity contribution in [3.05, 3.63) is 70.1 Å². The van der Waals surface area contributed by atoms with Crippen LogP contribution in [0.4, 0.5) is 5.13 Å². The van der Waals surface area contributed by atoms with Crippen molar-refractivity contribution in [1.29, 1.82) is 0 Å². The van der Waals surface area contributed by atoms with E-state index in [0.29, 0.717) is 23.9 Å². The molecule has 2 aromatic carbocycles. The van der Waals surface area contributed by atoms with Crippen LogP contribution in [-0.4, -0.2) is 22.6 Å². The van der Waals surface area contributed by atoms with Gasteiger partial charge in [-0.2, -0.15) is 0 Å². The molecule has 0 fully saturated rings. The van der Waals surface area contributed by atoms with Crippen LogP contribution in [0.15, 0.2) is 54.6 Å². The lowest BCUT2D eigenvalue weighted by Crippen LogP contribution is -2.23. The number of thiazole rings is 1. The monoisotopic (exact) mass is 428 g/mol. The van der Waals surface area contributed by atoms with Gasteiger partial charge in [0.1, 0.15) is 0 Å². The molecular formula is C23H25ClN2O2S. The second-order valence-corrected chi connectivity index (χ2v) is 8.80. The van der Waals surface area contributed by atoms with Crippen LogP contribution in [0, 0.1) is 5.92 Å². The van der Waals surface area contributed by atoms with Gasteiger partial charge in [-0.3, -0.25) is 4.79 Å². The van der Waals surface area contributed by atoms with Crippen LogP contribution in [0.3, 0.4) is 0 Å². The maximum atomic E-state index is 11.7. The summed E-state index contributed by atoms with van der Waals surface area (Å²) in [6.45, 7) is 4.63. The first-order valence-corrected chi connectivity index (χ1v) is 10.9. The Labute approximate surface area is 180 Å². The summed E-state index contributed by atoms with van der Waals surface area (Å²) in [6.07, 6.45) is 1.32. The SMILES string of the molecule is CC(C)c1sc(NCC(CCc2ccccc2)C(=O)O)nc1-c1ccc(Cl)cc1. The molecule has 0 spiro atoms. The first kappa shape index (κ1) is 21.3. The van der Waals surface area contributed by atoms with Crippen LogP contribution in [0.2, 0.25) is 5.02 Å². The number of halogens is 1. The van der Waals surface area contributed by atoms with Crippen LogP contribution in [0.5, 0.6) is 0 Å². The summed E-state index contributed by atoms with van der Waals surface area (Å²) < 4.78 is 0. The quantitative estimate of drug-likeness (QED) is 0.417. The highest BCUT2D eigenvalue weighted by Gasteiger charge is 2.20. The van der Waals surface area contributed by atoms with Gasteiger partial charge in [-0.15, -0.1) is 11.3 Å². The number of aliphatic carboxylic acids is 1. The van der Waals surface area contributed by atoms with Crippen LogP contribution >= 0.6 is 22.9 Å². The highest BCUT2D eigenvalue weighted by atomic mass is 35.5. The molecule has 1 aromatic heterocycles. The highest BCUT2D eigenvalue weighted by Crippen LogP contribution is 2.36. The van der Waals surface area contributed by atoms with E-state index >= 15 is 0 Å². The second kappa shape index (κ2) is 9.90. The predicted octanol–water partition coefficient (Wildman–Crippen LogP) is 6.33. The Hall–Kier alpha value is -2.37. The summed E-state index contributed by atoms with van der Waals surface area (Å²) in [6, 6.07) is 17.6. The summed E-state index contributed by atoms with van der Waals surface area (Å²) >= 11 is 7.60. The summed E-state index contributed by atoms with van der Waals surface area (Å²) in [4.78, 5) is 17.6. The molecule has 4 nitrogen and oxygen atoms in total. The average Bonchev–Trinajstić information content (AvgIpc) is 3.13. The van der Waals surface area contributed by atoms with Gasteiger partial charge in [0, 0.05) is 22.0 Å². The molecule has 0 bridgehead atoms. The molecule has 6 heteroatoms. The number of anilines is 1. The largest absolute Gasteiger partial charge is 0.481 e. The third kappa shape index (κ3) is 5.81. The van der Waals surface area contributed by atoms with Gasteiger partial charge in [-0.1, -0.05) is 67.9 Å². The van der Waals surface area contributed by atoms with E-state index in [1.54, 1.807) is 11.3 Å². The molecule has 0 saturated carbocycles.